The Morgan fingerprint density at radius 3 is 1.57 bits per heavy atom. The van der Waals surface area contributed by atoms with Crippen molar-refractivity contribution in [2.75, 3.05) is 11.5 Å². The number of aliphatic hydroxyl groups is 2. The number of aliphatic hydroxyl groups excluding tert-OH is 2. The van der Waals surface area contributed by atoms with E-state index in [1.54, 1.807) is 0 Å². The predicted molar refractivity (Wildman–Crippen MR) is 64.3 cm³/mol. The molecule has 0 fully saturated rings. The normalized spacial score (nSPS) is 23.1. The molecular formula is C6H6N2O2S4. The maximum Gasteiger partial charge on any atom is 0.185 e. The number of hydrogen-bond donors (Lipinski definition) is 2. The van der Waals surface area contributed by atoms with Gasteiger partial charge in [-0.3, -0.25) is 0 Å². The van der Waals surface area contributed by atoms with E-state index >= 15 is 0 Å². The van der Waals surface area contributed by atoms with Gasteiger partial charge in [-0.1, -0.05) is 21.6 Å². The van der Waals surface area contributed by atoms with Crippen molar-refractivity contribution in [3.63, 3.8) is 0 Å². The third-order valence-electron chi connectivity index (χ3n) is 1.45. The van der Waals surface area contributed by atoms with Crippen LogP contribution in [0.3, 0.4) is 0 Å². The van der Waals surface area contributed by atoms with Gasteiger partial charge in [0.25, 0.3) is 0 Å². The quantitative estimate of drug-likeness (QED) is 0.587. The lowest BCUT2D eigenvalue weighted by atomic mass is 10.5. The van der Waals surface area contributed by atoms with E-state index in [1.807, 2.05) is 0 Å². The maximum atomic E-state index is 9.31. The van der Waals surface area contributed by atoms with E-state index in [4.69, 9.17) is 0 Å². The molecule has 0 aromatic rings. The topological polar surface area (TPSA) is 65.2 Å². The number of nitrogens with zero attached hydrogens (tertiary/aromatic N) is 2. The van der Waals surface area contributed by atoms with E-state index in [2.05, 4.69) is 10.2 Å². The standard InChI is InChI=1S/C6H6N2O2S4/c9-5-3(1-11-13-5)7-8-4-2-12-14-6(4)10/h9-10H,1-2H2. The van der Waals surface area contributed by atoms with Crippen LogP contribution in [0.2, 0.25) is 0 Å². The Labute approximate surface area is 96.5 Å². The molecule has 2 aliphatic rings. The van der Waals surface area contributed by atoms with E-state index in [9.17, 15) is 10.2 Å². The third-order valence-corrected chi connectivity index (χ3v) is 5.62. The Hall–Kier alpha value is 0.0800. The third kappa shape index (κ3) is 2.36. The zero-order valence-corrected chi connectivity index (χ0v) is 10.1. The first-order valence-corrected chi connectivity index (χ1v) is 8.26. The van der Waals surface area contributed by atoms with E-state index in [0.717, 1.165) is 0 Å². The Morgan fingerprint density at radius 2 is 1.29 bits per heavy atom. The van der Waals surface area contributed by atoms with Crippen LogP contribution in [0.5, 0.6) is 0 Å². The summed E-state index contributed by atoms with van der Waals surface area (Å²) in [6.07, 6.45) is 0. The Balaban J connectivity index is 2.07. The molecule has 0 saturated carbocycles. The second-order valence-corrected chi connectivity index (χ2v) is 6.96. The summed E-state index contributed by atoms with van der Waals surface area (Å²) in [6.45, 7) is 0. The molecule has 2 heterocycles. The van der Waals surface area contributed by atoms with Gasteiger partial charge in [0.1, 0.15) is 11.4 Å². The van der Waals surface area contributed by atoms with Gasteiger partial charge in [0.2, 0.25) is 0 Å². The molecule has 0 radical (unpaired) electrons. The minimum atomic E-state index is 0.220. The first kappa shape index (κ1) is 10.6. The van der Waals surface area contributed by atoms with Crippen LogP contribution in [0.4, 0.5) is 0 Å². The second-order valence-electron chi connectivity index (χ2n) is 2.39. The molecular weight excluding hydrogens is 260 g/mol. The van der Waals surface area contributed by atoms with E-state index in [0.29, 0.717) is 22.9 Å². The SMILES string of the molecule is OC1=C(N=NC2=C(O)SSC2)CSS1. The Bertz CT molecular complexity index is 307. The zero-order valence-electron chi connectivity index (χ0n) is 6.84. The van der Waals surface area contributed by atoms with E-state index < -0.39 is 0 Å². The molecule has 0 atom stereocenters. The molecule has 0 bridgehead atoms. The molecule has 0 unspecified atom stereocenters. The predicted octanol–water partition coefficient (Wildman–Crippen LogP) is 3.68. The molecule has 2 N–H and O–H groups in total. The summed E-state index contributed by atoms with van der Waals surface area (Å²) in [5.41, 5.74) is 1.17. The number of rotatable bonds is 2. The van der Waals surface area contributed by atoms with Gasteiger partial charge < -0.3 is 10.2 Å². The fraction of sp³-hybridized carbons (Fsp3) is 0.333. The highest BCUT2D eigenvalue weighted by Crippen LogP contribution is 2.42. The summed E-state index contributed by atoms with van der Waals surface area (Å²) in [5, 5.41) is 26.9. The van der Waals surface area contributed by atoms with Gasteiger partial charge in [0.05, 0.1) is 11.5 Å². The van der Waals surface area contributed by atoms with Crippen LogP contribution < -0.4 is 0 Å². The van der Waals surface area contributed by atoms with Crippen LogP contribution in [-0.2, 0) is 0 Å². The van der Waals surface area contributed by atoms with Crippen molar-refractivity contribution in [3.05, 3.63) is 21.6 Å². The highest BCUT2D eigenvalue weighted by Gasteiger charge is 2.17. The fourth-order valence-electron chi connectivity index (χ4n) is 0.766. The van der Waals surface area contributed by atoms with Crippen molar-refractivity contribution in [1.29, 1.82) is 0 Å². The van der Waals surface area contributed by atoms with E-state index in [1.165, 1.54) is 43.2 Å². The lowest BCUT2D eigenvalue weighted by molar-refractivity contribution is 0.447. The average Bonchev–Trinajstić information content (AvgIpc) is 2.72. The van der Waals surface area contributed by atoms with Gasteiger partial charge in [-0.25, -0.2) is 0 Å². The van der Waals surface area contributed by atoms with Crippen LogP contribution >= 0.6 is 43.2 Å². The molecule has 2 aliphatic heterocycles. The zero-order chi connectivity index (χ0) is 9.97. The highest BCUT2D eigenvalue weighted by molar-refractivity contribution is 8.78. The van der Waals surface area contributed by atoms with Gasteiger partial charge in [-0.05, 0) is 21.6 Å². The highest BCUT2D eigenvalue weighted by atomic mass is 33.1. The molecule has 0 aromatic carbocycles. The van der Waals surface area contributed by atoms with Crippen molar-refractivity contribution in [1.82, 2.24) is 0 Å². The molecule has 14 heavy (non-hydrogen) atoms. The van der Waals surface area contributed by atoms with Crippen LogP contribution in [-0.4, -0.2) is 21.7 Å². The van der Waals surface area contributed by atoms with Crippen molar-refractivity contribution in [2.45, 2.75) is 0 Å². The first-order chi connectivity index (χ1) is 6.77. The second kappa shape index (κ2) is 4.73. The number of hydrogen-bond acceptors (Lipinski definition) is 8. The summed E-state index contributed by atoms with van der Waals surface area (Å²) in [7, 11) is 5.64. The fourth-order valence-corrected chi connectivity index (χ4v) is 4.59. The molecule has 0 spiro atoms. The molecule has 8 heteroatoms. The summed E-state index contributed by atoms with van der Waals surface area (Å²) in [5.74, 6) is 1.32. The summed E-state index contributed by atoms with van der Waals surface area (Å²) in [6, 6.07) is 0. The van der Waals surface area contributed by atoms with Crippen LogP contribution in [0.15, 0.2) is 31.8 Å². The Morgan fingerprint density at radius 1 is 0.857 bits per heavy atom. The van der Waals surface area contributed by atoms with E-state index in [-0.39, 0.29) is 10.2 Å². The smallest absolute Gasteiger partial charge is 0.185 e. The summed E-state index contributed by atoms with van der Waals surface area (Å²) in [4.78, 5) is 0. The van der Waals surface area contributed by atoms with Crippen LogP contribution in [0.1, 0.15) is 0 Å². The average molecular weight is 266 g/mol. The Kier molecular flexibility index (Phi) is 3.58. The van der Waals surface area contributed by atoms with Crippen molar-refractivity contribution in [3.8, 4) is 0 Å². The molecule has 0 aliphatic carbocycles. The van der Waals surface area contributed by atoms with Gasteiger partial charge in [0, 0.05) is 0 Å². The van der Waals surface area contributed by atoms with Gasteiger partial charge in [0.15, 0.2) is 10.2 Å². The van der Waals surface area contributed by atoms with Crippen molar-refractivity contribution in [2.24, 2.45) is 10.2 Å². The molecule has 0 saturated heterocycles. The van der Waals surface area contributed by atoms with Crippen LogP contribution in [0.25, 0.3) is 0 Å². The van der Waals surface area contributed by atoms with Gasteiger partial charge >= 0.3 is 0 Å². The number of azo groups is 1. The molecule has 0 aromatic heterocycles. The monoisotopic (exact) mass is 266 g/mol. The van der Waals surface area contributed by atoms with Gasteiger partial charge in [-0.15, -0.1) is 10.2 Å². The lowest BCUT2D eigenvalue weighted by Crippen LogP contribution is -1.83. The van der Waals surface area contributed by atoms with Crippen molar-refractivity contribution < 1.29 is 10.2 Å². The molecule has 0 amide bonds. The molecule has 4 nitrogen and oxygen atoms in total. The minimum Gasteiger partial charge on any atom is -0.500 e. The minimum absolute atomic E-state index is 0.220. The molecule has 2 rings (SSSR count). The molecule has 76 valence electrons. The van der Waals surface area contributed by atoms with Gasteiger partial charge in [-0.2, -0.15) is 0 Å². The maximum absolute atomic E-state index is 9.31. The van der Waals surface area contributed by atoms with Crippen molar-refractivity contribution >= 4 is 43.2 Å². The summed E-state index contributed by atoms with van der Waals surface area (Å²) < 4.78 is 0. The lowest BCUT2D eigenvalue weighted by Gasteiger charge is -1.92. The van der Waals surface area contributed by atoms with Crippen LogP contribution in [0, 0.1) is 0 Å². The first-order valence-electron chi connectivity index (χ1n) is 3.62. The summed E-state index contributed by atoms with van der Waals surface area (Å²) >= 11 is 0. The largest absolute Gasteiger partial charge is 0.500 e.